The fraction of sp³-hybridized carbons (Fsp3) is 0.304. The van der Waals surface area contributed by atoms with Crippen LogP contribution in [-0.2, 0) is 9.59 Å². The van der Waals surface area contributed by atoms with Crippen molar-refractivity contribution in [1.29, 1.82) is 0 Å². The highest BCUT2D eigenvalue weighted by molar-refractivity contribution is 5.82. The third-order valence-electron chi connectivity index (χ3n) is 5.59. The molecule has 1 saturated heterocycles. The van der Waals surface area contributed by atoms with Crippen LogP contribution in [-0.4, -0.2) is 47.8 Å². The first-order valence-corrected chi connectivity index (χ1v) is 9.77. The topological polar surface area (TPSA) is 43.9 Å². The normalized spacial score (nSPS) is 18.8. The summed E-state index contributed by atoms with van der Waals surface area (Å²) in [6.45, 7) is 4.62. The monoisotopic (exact) mass is 375 g/mol. The average Bonchev–Trinajstić information content (AvgIpc) is 2.74. The number of carbonyl (C=O) groups is 2. The highest BCUT2D eigenvalue weighted by atomic mass is 16.2. The number of fused-ring (bicyclic) bond motifs is 1. The predicted molar refractivity (Wildman–Crippen MR) is 111 cm³/mol. The number of hydrogen-bond donors (Lipinski definition) is 0. The van der Waals surface area contributed by atoms with Gasteiger partial charge in [0.1, 0.15) is 0 Å². The van der Waals surface area contributed by atoms with Gasteiger partial charge in [-0.2, -0.15) is 0 Å². The number of anilines is 1. The fourth-order valence-electron chi connectivity index (χ4n) is 4.06. The lowest BCUT2D eigenvalue weighted by Gasteiger charge is -2.38. The van der Waals surface area contributed by atoms with Crippen molar-refractivity contribution >= 4 is 23.6 Å². The van der Waals surface area contributed by atoms with Crippen LogP contribution < -0.4 is 4.90 Å². The van der Waals surface area contributed by atoms with E-state index in [9.17, 15) is 9.59 Å². The zero-order valence-electron chi connectivity index (χ0n) is 16.1. The summed E-state index contributed by atoms with van der Waals surface area (Å²) in [6, 6.07) is 18.1. The van der Waals surface area contributed by atoms with E-state index in [2.05, 4.69) is 17.0 Å². The van der Waals surface area contributed by atoms with Crippen molar-refractivity contribution in [2.45, 2.75) is 19.4 Å². The van der Waals surface area contributed by atoms with Gasteiger partial charge >= 0.3 is 0 Å². The molecule has 0 bridgehead atoms. The molecule has 0 spiro atoms. The molecule has 5 heteroatoms. The first-order valence-electron chi connectivity index (χ1n) is 9.77. The second kappa shape index (κ2) is 7.89. The molecule has 4 rings (SSSR count). The molecule has 0 aliphatic carbocycles. The van der Waals surface area contributed by atoms with E-state index < -0.39 is 0 Å². The molecule has 144 valence electrons. The van der Waals surface area contributed by atoms with Crippen LogP contribution >= 0.6 is 0 Å². The smallest absolute Gasteiger partial charge is 0.225 e. The van der Waals surface area contributed by atoms with Crippen molar-refractivity contribution in [2.75, 3.05) is 31.1 Å². The Bertz CT molecular complexity index is 886. The van der Waals surface area contributed by atoms with Gasteiger partial charge in [0.05, 0.1) is 12.5 Å². The van der Waals surface area contributed by atoms with Crippen molar-refractivity contribution in [2.24, 2.45) is 0 Å². The SMILES string of the molecule is CC(=O)N1C=Cc2ccccc2[C@@H]1CC(=O)N1CCN(c2ccccc2)CC1. The van der Waals surface area contributed by atoms with Crippen molar-refractivity contribution in [3.05, 3.63) is 71.9 Å². The van der Waals surface area contributed by atoms with E-state index >= 15 is 0 Å². The second-order valence-electron chi connectivity index (χ2n) is 7.29. The van der Waals surface area contributed by atoms with Gasteiger partial charge < -0.3 is 14.7 Å². The van der Waals surface area contributed by atoms with Gasteiger partial charge in [-0.15, -0.1) is 0 Å². The quantitative estimate of drug-likeness (QED) is 0.827. The summed E-state index contributed by atoms with van der Waals surface area (Å²) in [5, 5.41) is 0. The molecule has 28 heavy (non-hydrogen) atoms. The lowest BCUT2D eigenvalue weighted by molar-refractivity contribution is -0.134. The van der Waals surface area contributed by atoms with E-state index in [0.29, 0.717) is 19.5 Å². The van der Waals surface area contributed by atoms with Gasteiger partial charge in [-0.05, 0) is 29.3 Å². The third-order valence-corrected chi connectivity index (χ3v) is 5.59. The number of para-hydroxylation sites is 1. The molecule has 2 aliphatic rings. The Kier molecular flexibility index (Phi) is 5.15. The molecule has 1 atom stereocenters. The summed E-state index contributed by atoms with van der Waals surface area (Å²) in [6.07, 6.45) is 4.05. The van der Waals surface area contributed by atoms with Gasteiger partial charge in [-0.25, -0.2) is 0 Å². The summed E-state index contributed by atoms with van der Waals surface area (Å²) in [5.41, 5.74) is 3.31. The van der Waals surface area contributed by atoms with E-state index in [0.717, 1.165) is 24.2 Å². The Morgan fingerprint density at radius 2 is 1.61 bits per heavy atom. The average molecular weight is 375 g/mol. The number of amides is 2. The maximum absolute atomic E-state index is 13.0. The number of nitrogens with zero attached hydrogens (tertiary/aromatic N) is 3. The van der Waals surface area contributed by atoms with Crippen molar-refractivity contribution < 1.29 is 9.59 Å². The van der Waals surface area contributed by atoms with Crippen LogP contribution in [0.3, 0.4) is 0 Å². The summed E-state index contributed by atoms with van der Waals surface area (Å²) >= 11 is 0. The van der Waals surface area contributed by atoms with Gasteiger partial charge in [0, 0.05) is 45.0 Å². The van der Waals surface area contributed by atoms with E-state index in [-0.39, 0.29) is 17.9 Å². The van der Waals surface area contributed by atoms with Crippen molar-refractivity contribution in [1.82, 2.24) is 9.80 Å². The Balaban J connectivity index is 1.44. The Labute approximate surface area is 165 Å². The number of hydrogen-bond acceptors (Lipinski definition) is 3. The molecule has 2 amide bonds. The predicted octanol–water partition coefficient (Wildman–Crippen LogP) is 3.30. The lowest BCUT2D eigenvalue weighted by Crippen LogP contribution is -2.49. The third kappa shape index (κ3) is 3.65. The highest BCUT2D eigenvalue weighted by Gasteiger charge is 2.30. The number of piperazine rings is 1. The largest absolute Gasteiger partial charge is 0.368 e. The van der Waals surface area contributed by atoms with Crippen molar-refractivity contribution in [3.8, 4) is 0 Å². The molecule has 2 heterocycles. The van der Waals surface area contributed by atoms with E-state index in [1.165, 1.54) is 5.69 Å². The first kappa shape index (κ1) is 18.3. The summed E-state index contributed by atoms with van der Waals surface area (Å²) in [4.78, 5) is 31.1. The fourth-order valence-corrected chi connectivity index (χ4v) is 4.06. The standard InChI is InChI=1S/C23H25N3O2/c1-18(27)26-12-11-19-7-5-6-10-21(19)22(26)17-23(28)25-15-13-24(14-16-25)20-8-3-2-4-9-20/h2-12,22H,13-17H2,1H3/t22-/m0/s1. The van der Waals surface area contributed by atoms with Gasteiger partial charge in [0.15, 0.2) is 0 Å². The Morgan fingerprint density at radius 3 is 2.32 bits per heavy atom. The van der Waals surface area contributed by atoms with Crippen LogP contribution in [0.25, 0.3) is 6.08 Å². The highest BCUT2D eigenvalue weighted by Crippen LogP contribution is 2.33. The molecule has 2 aromatic rings. The van der Waals surface area contributed by atoms with Gasteiger partial charge in [0.2, 0.25) is 11.8 Å². The van der Waals surface area contributed by atoms with Crippen molar-refractivity contribution in [3.63, 3.8) is 0 Å². The molecule has 5 nitrogen and oxygen atoms in total. The number of benzene rings is 2. The lowest BCUT2D eigenvalue weighted by atomic mass is 9.93. The van der Waals surface area contributed by atoms with Crippen LogP contribution in [0.1, 0.15) is 30.5 Å². The molecule has 0 unspecified atom stereocenters. The minimum Gasteiger partial charge on any atom is -0.368 e. The molecule has 0 saturated carbocycles. The summed E-state index contributed by atoms with van der Waals surface area (Å²) < 4.78 is 0. The molecular weight excluding hydrogens is 350 g/mol. The van der Waals surface area contributed by atoms with E-state index in [1.54, 1.807) is 18.0 Å². The summed E-state index contributed by atoms with van der Waals surface area (Å²) in [5.74, 6) is 0.0616. The first-order chi connectivity index (χ1) is 13.6. The van der Waals surface area contributed by atoms with E-state index in [1.807, 2.05) is 53.4 Å². The maximum Gasteiger partial charge on any atom is 0.225 e. The summed E-state index contributed by atoms with van der Waals surface area (Å²) in [7, 11) is 0. The molecule has 0 aromatic heterocycles. The Hall–Kier alpha value is -3.08. The zero-order chi connectivity index (χ0) is 19.5. The van der Waals surface area contributed by atoms with Crippen LogP contribution in [0.5, 0.6) is 0 Å². The number of rotatable bonds is 3. The van der Waals surface area contributed by atoms with Gasteiger partial charge in [-0.1, -0.05) is 42.5 Å². The molecule has 0 radical (unpaired) electrons. The Morgan fingerprint density at radius 1 is 0.929 bits per heavy atom. The van der Waals surface area contributed by atoms with Crippen LogP contribution in [0.4, 0.5) is 5.69 Å². The molecule has 2 aliphatic heterocycles. The maximum atomic E-state index is 13.0. The minimum atomic E-state index is -0.238. The molecule has 1 fully saturated rings. The number of carbonyl (C=O) groups excluding carboxylic acids is 2. The zero-order valence-corrected chi connectivity index (χ0v) is 16.1. The van der Waals surface area contributed by atoms with Crippen LogP contribution in [0.2, 0.25) is 0 Å². The molecule has 0 N–H and O–H groups in total. The van der Waals surface area contributed by atoms with Gasteiger partial charge in [0.25, 0.3) is 0 Å². The van der Waals surface area contributed by atoms with Gasteiger partial charge in [-0.3, -0.25) is 9.59 Å². The van der Waals surface area contributed by atoms with E-state index in [4.69, 9.17) is 0 Å². The van der Waals surface area contributed by atoms with Crippen LogP contribution in [0.15, 0.2) is 60.8 Å². The molecular formula is C23H25N3O2. The van der Waals surface area contributed by atoms with Crippen LogP contribution in [0, 0.1) is 0 Å². The minimum absolute atomic E-state index is 0.0440. The molecule has 2 aromatic carbocycles. The second-order valence-corrected chi connectivity index (χ2v) is 7.29.